The van der Waals surface area contributed by atoms with Gasteiger partial charge in [-0.2, -0.15) is 8.70 Å². The van der Waals surface area contributed by atoms with Gasteiger partial charge in [-0.25, -0.2) is 18.4 Å². The van der Waals surface area contributed by atoms with E-state index < -0.39 is 16.0 Å². The highest BCUT2D eigenvalue weighted by Crippen LogP contribution is 2.33. The Morgan fingerprint density at radius 3 is 2.61 bits per heavy atom. The molecule has 1 aliphatic heterocycles. The molecule has 0 unspecified atom stereocenters. The van der Waals surface area contributed by atoms with Crippen LogP contribution in [0.1, 0.15) is 29.2 Å². The van der Waals surface area contributed by atoms with E-state index in [4.69, 9.17) is 0 Å². The van der Waals surface area contributed by atoms with Crippen LogP contribution in [0.5, 0.6) is 0 Å². The van der Waals surface area contributed by atoms with Crippen molar-refractivity contribution in [3.05, 3.63) is 81.9 Å². The third kappa shape index (κ3) is 5.03. The lowest BCUT2D eigenvalue weighted by Gasteiger charge is -2.33. The number of fused-ring (bicyclic) bond motifs is 2. The van der Waals surface area contributed by atoms with Crippen LogP contribution in [0, 0.1) is 5.95 Å². The van der Waals surface area contributed by atoms with Crippen LogP contribution in [-0.4, -0.2) is 64.6 Å². The Balaban J connectivity index is 1.17. The van der Waals surface area contributed by atoms with E-state index in [2.05, 4.69) is 33.1 Å². The maximum atomic E-state index is 13.4. The molecule has 1 aliphatic carbocycles. The lowest BCUT2D eigenvalue weighted by atomic mass is 9.87. The first kappa shape index (κ1) is 25.3. The summed E-state index contributed by atoms with van der Waals surface area (Å²) < 4.78 is 40.7. The molecule has 6 rings (SSSR count). The third-order valence-electron chi connectivity index (χ3n) is 7.55. The fraction of sp³-hybridized carbons (Fsp3) is 0.370. The summed E-state index contributed by atoms with van der Waals surface area (Å²) in [6.07, 6.45) is 6.92. The number of hydrogen-bond donors (Lipinski definition) is 0. The van der Waals surface area contributed by atoms with Gasteiger partial charge in [0.15, 0.2) is 0 Å². The second kappa shape index (κ2) is 9.96. The van der Waals surface area contributed by atoms with Gasteiger partial charge in [-0.3, -0.25) is 14.3 Å². The molecule has 0 saturated carbocycles. The van der Waals surface area contributed by atoms with E-state index in [0.717, 1.165) is 49.3 Å². The van der Waals surface area contributed by atoms with E-state index in [1.807, 2.05) is 6.07 Å². The van der Waals surface area contributed by atoms with Crippen LogP contribution in [-0.2, 0) is 29.4 Å². The van der Waals surface area contributed by atoms with E-state index in [1.165, 1.54) is 46.5 Å². The van der Waals surface area contributed by atoms with E-state index in [1.54, 1.807) is 21.3 Å². The molecule has 0 spiro atoms. The zero-order valence-corrected chi connectivity index (χ0v) is 22.6. The second-order valence-corrected chi connectivity index (χ2v) is 13.1. The molecule has 11 heteroatoms. The first-order chi connectivity index (χ1) is 18.2. The van der Waals surface area contributed by atoms with Gasteiger partial charge >= 0.3 is 0 Å². The minimum atomic E-state index is -3.13. The molecular formula is C27H28FN5O3S2. The van der Waals surface area contributed by atoms with Gasteiger partial charge in [-0.05, 0) is 54.2 Å². The van der Waals surface area contributed by atoms with Gasteiger partial charge in [0.25, 0.3) is 5.56 Å². The molecule has 0 bridgehead atoms. The smallest absolute Gasteiger partial charge is 0.271 e. The molecule has 1 atom stereocenters. The summed E-state index contributed by atoms with van der Waals surface area (Å²) in [7, 11) is -3.13. The van der Waals surface area contributed by atoms with Crippen molar-refractivity contribution in [1.82, 2.24) is 23.7 Å². The minimum Gasteiger partial charge on any atom is -0.296 e. The maximum Gasteiger partial charge on any atom is 0.271 e. The van der Waals surface area contributed by atoms with Gasteiger partial charge in [0.2, 0.25) is 16.0 Å². The number of halogens is 1. The topological polar surface area (TPSA) is 88.4 Å². The number of piperazine rings is 1. The molecule has 1 saturated heterocycles. The van der Waals surface area contributed by atoms with Crippen molar-refractivity contribution in [2.45, 2.75) is 31.8 Å². The maximum absolute atomic E-state index is 13.4. The van der Waals surface area contributed by atoms with Crippen LogP contribution in [0.25, 0.3) is 20.7 Å². The summed E-state index contributed by atoms with van der Waals surface area (Å²) in [4.78, 5) is 24.8. The second-order valence-electron chi connectivity index (χ2n) is 10.1. The van der Waals surface area contributed by atoms with Gasteiger partial charge in [-0.15, -0.1) is 11.3 Å². The molecule has 198 valence electrons. The predicted molar refractivity (Wildman–Crippen MR) is 146 cm³/mol. The zero-order chi connectivity index (χ0) is 26.4. The summed E-state index contributed by atoms with van der Waals surface area (Å²) in [6.45, 7) is 3.33. The van der Waals surface area contributed by atoms with E-state index in [-0.39, 0.29) is 11.6 Å². The Kier molecular flexibility index (Phi) is 6.63. The monoisotopic (exact) mass is 553 g/mol. The van der Waals surface area contributed by atoms with Crippen LogP contribution in [0.4, 0.5) is 4.39 Å². The predicted octanol–water partition coefficient (Wildman–Crippen LogP) is 3.47. The molecule has 2 aliphatic rings. The summed E-state index contributed by atoms with van der Waals surface area (Å²) >= 11 is 1.37. The average Bonchev–Trinajstić information content (AvgIpc) is 3.34. The normalized spacial score (nSPS) is 19.1. The van der Waals surface area contributed by atoms with Crippen LogP contribution in [0.3, 0.4) is 0 Å². The number of hydrogen-bond acceptors (Lipinski definition) is 7. The molecular weight excluding hydrogens is 525 g/mol. The standard InChI is InChI=1S/C27H28FN5O3S2/c1-38(35,36)32-10-8-31(9-11-32)16-18-2-3-20-13-22(6-4-19(20)12-18)33-17-30-23-14-24(37-26(23)27(33)34)21-5-7-25(28)29-15-21/h2-3,5,7,12,14-15,17,22H,4,6,8-11,13,16H2,1H3/t22-/m0/s1. The summed E-state index contributed by atoms with van der Waals surface area (Å²) in [6, 6.07) is 11.5. The van der Waals surface area contributed by atoms with Crippen LogP contribution >= 0.6 is 11.3 Å². The van der Waals surface area contributed by atoms with Crippen LogP contribution < -0.4 is 5.56 Å². The van der Waals surface area contributed by atoms with Crippen molar-refractivity contribution in [3.63, 3.8) is 0 Å². The minimum absolute atomic E-state index is 0.0415. The molecule has 0 radical (unpaired) electrons. The number of nitrogens with zero attached hydrogens (tertiary/aromatic N) is 5. The Labute approximate surface area is 224 Å². The molecule has 0 N–H and O–H groups in total. The highest BCUT2D eigenvalue weighted by atomic mass is 32.2. The largest absolute Gasteiger partial charge is 0.296 e. The summed E-state index contributed by atoms with van der Waals surface area (Å²) in [5.41, 5.74) is 5.17. The van der Waals surface area contributed by atoms with Gasteiger partial charge in [0.1, 0.15) is 4.70 Å². The average molecular weight is 554 g/mol. The molecule has 3 aromatic heterocycles. The third-order valence-corrected chi connectivity index (χ3v) is 10.0. The number of thiophene rings is 1. The van der Waals surface area contributed by atoms with Gasteiger partial charge in [-0.1, -0.05) is 18.2 Å². The number of sulfonamides is 1. The number of pyridine rings is 1. The van der Waals surface area contributed by atoms with Crippen molar-refractivity contribution in [3.8, 4) is 10.4 Å². The SMILES string of the molecule is CS(=O)(=O)N1CCN(Cc2ccc3c(c2)CC[C@H](n2cnc4cc(-c5ccc(F)nc5)sc4c2=O)C3)CC1. The van der Waals surface area contributed by atoms with Gasteiger partial charge in [0.05, 0.1) is 18.1 Å². The van der Waals surface area contributed by atoms with E-state index in [9.17, 15) is 17.6 Å². The first-order valence-electron chi connectivity index (χ1n) is 12.7. The van der Waals surface area contributed by atoms with Crippen LogP contribution in [0.2, 0.25) is 0 Å². The van der Waals surface area contributed by atoms with Crippen molar-refractivity contribution < 1.29 is 12.8 Å². The van der Waals surface area contributed by atoms with Crippen molar-refractivity contribution in [2.24, 2.45) is 0 Å². The summed E-state index contributed by atoms with van der Waals surface area (Å²) in [5.74, 6) is -0.535. The molecule has 4 heterocycles. The number of aryl methyl sites for hydroxylation is 1. The molecule has 38 heavy (non-hydrogen) atoms. The molecule has 8 nitrogen and oxygen atoms in total. The summed E-state index contributed by atoms with van der Waals surface area (Å²) in [5, 5.41) is 0. The van der Waals surface area contributed by atoms with Gasteiger partial charge < -0.3 is 0 Å². The highest BCUT2D eigenvalue weighted by molar-refractivity contribution is 7.88. The van der Waals surface area contributed by atoms with E-state index >= 15 is 0 Å². The molecule has 1 aromatic carbocycles. The van der Waals surface area contributed by atoms with Crippen molar-refractivity contribution in [1.29, 1.82) is 0 Å². The molecule has 1 fully saturated rings. The Hall–Kier alpha value is -2.99. The lowest BCUT2D eigenvalue weighted by molar-refractivity contribution is 0.182. The highest BCUT2D eigenvalue weighted by Gasteiger charge is 2.25. The quantitative estimate of drug-likeness (QED) is 0.352. The lowest BCUT2D eigenvalue weighted by Crippen LogP contribution is -2.47. The zero-order valence-electron chi connectivity index (χ0n) is 21.0. The Morgan fingerprint density at radius 1 is 1.05 bits per heavy atom. The van der Waals surface area contributed by atoms with Crippen LogP contribution in [0.15, 0.2) is 53.7 Å². The molecule has 4 aromatic rings. The Morgan fingerprint density at radius 2 is 1.87 bits per heavy atom. The number of rotatable bonds is 5. The molecule has 0 amide bonds. The number of benzene rings is 1. The fourth-order valence-corrected chi connectivity index (χ4v) is 7.32. The first-order valence-corrected chi connectivity index (χ1v) is 15.3. The van der Waals surface area contributed by atoms with Gasteiger partial charge in [0, 0.05) is 55.4 Å². The fourth-order valence-electron chi connectivity index (χ4n) is 5.45. The Bertz CT molecular complexity index is 1660. The van der Waals surface area contributed by atoms with Crippen molar-refractivity contribution in [2.75, 3.05) is 32.4 Å². The number of aromatic nitrogens is 3. The van der Waals surface area contributed by atoms with Crippen molar-refractivity contribution >= 4 is 31.6 Å². The van der Waals surface area contributed by atoms with E-state index in [0.29, 0.717) is 23.3 Å².